The zero-order chi connectivity index (χ0) is 9.57. The Kier molecular flexibility index (Phi) is 4.70. The molecule has 0 amide bonds. The molecule has 1 unspecified atom stereocenters. The molecule has 1 fully saturated rings. The second-order valence-corrected chi connectivity index (χ2v) is 3.49. The summed E-state index contributed by atoms with van der Waals surface area (Å²) in [6.45, 7) is 7.62. The van der Waals surface area contributed by atoms with Crippen molar-refractivity contribution in [1.29, 1.82) is 0 Å². The van der Waals surface area contributed by atoms with Crippen molar-refractivity contribution in [2.75, 3.05) is 26.3 Å². The fraction of sp³-hybridized carbons (Fsp3) is 1.00. The number of morpholine rings is 1. The summed E-state index contributed by atoms with van der Waals surface area (Å²) in [6.07, 6.45) is 3.21. The second kappa shape index (κ2) is 5.58. The van der Waals surface area contributed by atoms with Crippen LogP contribution < -0.4 is 5.32 Å². The van der Waals surface area contributed by atoms with E-state index in [-0.39, 0.29) is 5.79 Å². The molecule has 1 aliphatic rings. The molecule has 78 valence electrons. The lowest BCUT2D eigenvalue weighted by atomic mass is 10.2. The standard InChI is InChI=1S/C10H21NO2/c1-3-5-7-12-10(4-2)9-11-6-8-13-10/h11H,3-9H2,1-2H3. The maximum Gasteiger partial charge on any atom is 0.180 e. The third-order valence-electron chi connectivity index (χ3n) is 2.44. The van der Waals surface area contributed by atoms with Crippen molar-refractivity contribution in [3.8, 4) is 0 Å². The van der Waals surface area contributed by atoms with Gasteiger partial charge in [0.15, 0.2) is 5.79 Å². The first-order chi connectivity index (χ1) is 6.33. The van der Waals surface area contributed by atoms with Crippen LogP contribution in [-0.4, -0.2) is 32.1 Å². The molecular formula is C10H21NO2. The minimum absolute atomic E-state index is 0.340. The fourth-order valence-corrected chi connectivity index (χ4v) is 1.46. The molecule has 0 bridgehead atoms. The topological polar surface area (TPSA) is 30.5 Å². The molecule has 1 atom stereocenters. The van der Waals surface area contributed by atoms with Crippen molar-refractivity contribution in [3.63, 3.8) is 0 Å². The Hall–Kier alpha value is -0.120. The van der Waals surface area contributed by atoms with Gasteiger partial charge in [0.25, 0.3) is 0 Å². The Morgan fingerprint density at radius 1 is 1.46 bits per heavy atom. The van der Waals surface area contributed by atoms with Gasteiger partial charge in [0.1, 0.15) is 0 Å². The Labute approximate surface area is 80.8 Å². The first-order valence-corrected chi connectivity index (χ1v) is 5.31. The van der Waals surface area contributed by atoms with Crippen molar-refractivity contribution in [1.82, 2.24) is 5.32 Å². The van der Waals surface area contributed by atoms with E-state index >= 15 is 0 Å². The van der Waals surface area contributed by atoms with Gasteiger partial charge in [-0.3, -0.25) is 0 Å². The number of hydrogen-bond donors (Lipinski definition) is 1. The third kappa shape index (κ3) is 3.25. The molecule has 3 heteroatoms. The largest absolute Gasteiger partial charge is 0.349 e. The van der Waals surface area contributed by atoms with Gasteiger partial charge in [-0.25, -0.2) is 0 Å². The van der Waals surface area contributed by atoms with Crippen LogP contribution >= 0.6 is 0 Å². The molecule has 0 aliphatic carbocycles. The van der Waals surface area contributed by atoms with E-state index < -0.39 is 0 Å². The molecule has 0 aromatic carbocycles. The van der Waals surface area contributed by atoms with Gasteiger partial charge in [0, 0.05) is 13.1 Å². The van der Waals surface area contributed by atoms with E-state index in [1.54, 1.807) is 0 Å². The van der Waals surface area contributed by atoms with Crippen LogP contribution in [0.1, 0.15) is 33.1 Å². The first kappa shape index (κ1) is 11.0. The predicted molar refractivity (Wildman–Crippen MR) is 52.7 cm³/mol. The molecular weight excluding hydrogens is 166 g/mol. The van der Waals surface area contributed by atoms with Crippen LogP contribution in [0.5, 0.6) is 0 Å². The van der Waals surface area contributed by atoms with Crippen LogP contribution in [0.25, 0.3) is 0 Å². The maximum atomic E-state index is 5.78. The highest BCUT2D eigenvalue weighted by Gasteiger charge is 2.31. The monoisotopic (exact) mass is 187 g/mol. The summed E-state index contributed by atoms with van der Waals surface area (Å²) in [4.78, 5) is 0. The van der Waals surface area contributed by atoms with Crippen LogP contribution in [0, 0.1) is 0 Å². The minimum atomic E-state index is -0.340. The number of rotatable bonds is 5. The van der Waals surface area contributed by atoms with E-state index in [0.717, 1.165) is 39.1 Å². The van der Waals surface area contributed by atoms with Crippen molar-refractivity contribution in [3.05, 3.63) is 0 Å². The normalized spacial score (nSPS) is 29.1. The van der Waals surface area contributed by atoms with Gasteiger partial charge in [0.2, 0.25) is 0 Å². The summed E-state index contributed by atoms with van der Waals surface area (Å²) in [5, 5.41) is 3.30. The number of unbranched alkanes of at least 4 members (excludes halogenated alkanes) is 1. The lowest BCUT2D eigenvalue weighted by Crippen LogP contribution is -2.51. The Bertz CT molecular complexity index is 133. The van der Waals surface area contributed by atoms with E-state index in [4.69, 9.17) is 9.47 Å². The van der Waals surface area contributed by atoms with Gasteiger partial charge in [-0.15, -0.1) is 0 Å². The minimum Gasteiger partial charge on any atom is -0.349 e. The molecule has 0 saturated carbocycles. The molecule has 1 N–H and O–H groups in total. The SMILES string of the molecule is CCCCOC1(CC)CNCCO1. The summed E-state index contributed by atoms with van der Waals surface area (Å²) >= 11 is 0. The smallest absolute Gasteiger partial charge is 0.180 e. The van der Waals surface area contributed by atoms with Crippen molar-refractivity contribution < 1.29 is 9.47 Å². The first-order valence-electron chi connectivity index (χ1n) is 5.31. The van der Waals surface area contributed by atoms with Crippen molar-refractivity contribution in [2.45, 2.75) is 38.9 Å². The Morgan fingerprint density at radius 3 is 2.85 bits per heavy atom. The summed E-state index contributed by atoms with van der Waals surface area (Å²) in [5.41, 5.74) is 0. The highest BCUT2D eigenvalue weighted by atomic mass is 16.7. The highest BCUT2D eigenvalue weighted by molar-refractivity contribution is 4.75. The highest BCUT2D eigenvalue weighted by Crippen LogP contribution is 2.19. The van der Waals surface area contributed by atoms with E-state index in [1.807, 2.05) is 0 Å². The van der Waals surface area contributed by atoms with Gasteiger partial charge < -0.3 is 14.8 Å². The van der Waals surface area contributed by atoms with Crippen molar-refractivity contribution in [2.24, 2.45) is 0 Å². The molecule has 13 heavy (non-hydrogen) atoms. The predicted octanol–water partition coefficient (Wildman–Crippen LogP) is 1.53. The second-order valence-electron chi connectivity index (χ2n) is 3.49. The van der Waals surface area contributed by atoms with E-state index in [9.17, 15) is 0 Å². The lowest BCUT2D eigenvalue weighted by Gasteiger charge is -2.36. The molecule has 0 spiro atoms. The average molecular weight is 187 g/mol. The molecule has 0 aromatic rings. The molecule has 1 aliphatic heterocycles. The van der Waals surface area contributed by atoms with Crippen LogP contribution in [0.4, 0.5) is 0 Å². The maximum absolute atomic E-state index is 5.78. The average Bonchev–Trinajstić information content (AvgIpc) is 2.20. The quantitative estimate of drug-likeness (QED) is 0.662. The summed E-state index contributed by atoms with van der Waals surface area (Å²) < 4.78 is 11.5. The van der Waals surface area contributed by atoms with Gasteiger partial charge in [-0.05, 0) is 12.8 Å². The zero-order valence-electron chi connectivity index (χ0n) is 8.77. The van der Waals surface area contributed by atoms with Gasteiger partial charge in [0.05, 0.1) is 13.2 Å². The summed E-state index contributed by atoms with van der Waals surface area (Å²) in [6, 6.07) is 0. The van der Waals surface area contributed by atoms with Crippen LogP contribution in [0.15, 0.2) is 0 Å². The van der Waals surface area contributed by atoms with Gasteiger partial charge >= 0.3 is 0 Å². The van der Waals surface area contributed by atoms with E-state index in [0.29, 0.717) is 0 Å². The zero-order valence-corrected chi connectivity index (χ0v) is 8.77. The fourth-order valence-electron chi connectivity index (χ4n) is 1.46. The van der Waals surface area contributed by atoms with E-state index in [1.165, 1.54) is 6.42 Å². The van der Waals surface area contributed by atoms with Gasteiger partial charge in [-0.1, -0.05) is 20.3 Å². The molecule has 0 aromatic heterocycles. The Morgan fingerprint density at radius 2 is 2.31 bits per heavy atom. The molecule has 1 rings (SSSR count). The summed E-state index contributed by atoms with van der Waals surface area (Å²) in [7, 11) is 0. The third-order valence-corrected chi connectivity index (χ3v) is 2.44. The molecule has 0 radical (unpaired) electrons. The molecule has 1 saturated heterocycles. The molecule has 3 nitrogen and oxygen atoms in total. The lowest BCUT2D eigenvalue weighted by molar-refractivity contribution is -0.247. The van der Waals surface area contributed by atoms with Crippen LogP contribution in [0.3, 0.4) is 0 Å². The summed E-state index contributed by atoms with van der Waals surface area (Å²) in [5.74, 6) is -0.340. The van der Waals surface area contributed by atoms with Crippen LogP contribution in [-0.2, 0) is 9.47 Å². The van der Waals surface area contributed by atoms with Crippen LogP contribution in [0.2, 0.25) is 0 Å². The van der Waals surface area contributed by atoms with Gasteiger partial charge in [-0.2, -0.15) is 0 Å². The Balaban J connectivity index is 2.29. The van der Waals surface area contributed by atoms with E-state index in [2.05, 4.69) is 19.2 Å². The number of ether oxygens (including phenoxy) is 2. The molecule has 1 heterocycles. The number of hydrogen-bond acceptors (Lipinski definition) is 3. The van der Waals surface area contributed by atoms with Crippen molar-refractivity contribution >= 4 is 0 Å². The number of nitrogens with one attached hydrogen (secondary N) is 1.